The first-order valence-corrected chi connectivity index (χ1v) is 6.70. The molecule has 3 nitrogen and oxygen atoms in total. The molecule has 0 spiro atoms. The molecule has 1 aliphatic rings. The van der Waals surface area contributed by atoms with Crippen molar-refractivity contribution in [3.8, 4) is 0 Å². The Balaban J connectivity index is 1.74. The maximum absolute atomic E-state index is 13.0. The molecule has 0 aliphatic heterocycles. The summed E-state index contributed by atoms with van der Waals surface area (Å²) < 4.78 is 13.0. The highest BCUT2D eigenvalue weighted by molar-refractivity contribution is 5.96. The van der Waals surface area contributed by atoms with Crippen LogP contribution in [-0.4, -0.2) is 42.0 Å². The highest BCUT2D eigenvalue weighted by atomic mass is 19.1. The van der Waals surface area contributed by atoms with E-state index in [0.29, 0.717) is 24.4 Å². The summed E-state index contributed by atoms with van der Waals surface area (Å²) in [7, 11) is 1.98. The second-order valence-corrected chi connectivity index (χ2v) is 5.44. The Labute approximate surface area is 113 Å². The Hall–Kier alpha value is -1.26. The molecule has 104 valence electrons. The van der Waals surface area contributed by atoms with Gasteiger partial charge in [-0.2, -0.15) is 0 Å². The van der Waals surface area contributed by atoms with Crippen LogP contribution in [0.4, 0.5) is 4.39 Å². The van der Waals surface area contributed by atoms with Crippen LogP contribution in [0.5, 0.6) is 0 Å². The first kappa shape index (κ1) is 14.2. The molecule has 1 aromatic carbocycles. The molecule has 0 aromatic heterocycles. The molecule has 1 saturated carbocycles. The van der Waals surface area contributed by atoms with E-state index in [1.165, 1.54) is 12.1 Å². The van der Waals surface area contributed by atoms with Gasteiger partial charge in [-0.15, -0.1) is 0 Å². The third kappa shape index (κ3) is 4.11. The number of aliphatic hydroxyl groups excluding tert-OH is 1. The van der Waals surface area contributed by atoms with Gasteiger partial charge in [-0.1, -0.05) is 12.1 Å². The first-order chi connectivity index (χ1) is 9.04. The normalized spacial score (nSPS) is 22.3. The van der Waals surface area contributed by atoms with Crippen LogP contribution in [0.2, 0.25) is 0 Å². The van der Waals surface area contributed by atoms with Gasteiger partial charge in [-0.05, 0) is 37.9 Å². The first-order valence-electron chi connectivity index (χ1n) is 6.70. The predicted molar refractivity (Wildman–Crippen MR) is 71.6 cm³/mol. The Morgan fingerprint density at radius 2 is 2.21 bits per heavy atom. The van der Waals surface area contributed by atoms with Gasteiger partial charge in [-0.3, -0.25) is 4.79 Å². The van der Waals surface area contributed by atoms with Crippen LogP contribution in [0.1, 0.15) is 29.6 Å². The average molecular weight is 265 g/mol. The smallest absolute Gasteiger partial charge is 0.164 e. The largest absolute Gasteiger partial charge is 0.393 e. The van der Waals surface area contributed by atoms with Gasteiger partial charge in [-0.25, -0.2) is 4.39 Å². The Morgan fingerprint density at radius 3 is 2.84 bits per heavy atom. The average Bonchev–Trinajstić information content (AvgIpc) is 2.34. The summed E-state index contributed by atoms with van der Waals surface area (Å²) in [6.45, 7) is 1.58. The van der Waals surface area contributed by atoms with Gasteiger partial charge < -0.3 is 10.0 Å². The second kappa shape index (κ2) is 6.26. The van der Waals surface area contributed by atoms with E-state index in [2.05, 4.69) is 4.90 Å². The van der Waals surface area contributed by atoms with E-state index in [-0.39, 0.29) is 17.7 Å². The fraction of sp³-hybridized carbons (Fsp3) is 0.533. The minimum absolute atomic E-state index is 0.0278. The number of Topliss-reactive ketones (excluding diaryl/α,β-unsaturated/α-hetero) is 1. The minimum Gasteiger partial charge on any atom is -0.393 e. The fourth-order valence-corrected chi connectivity index (χ4v) is 2.48. The predicted octanol–water partition coefficient (Wildman–Crippen LogP) is 2.10. The van der Waals surface area contributed by atoms with Gasteiger partial charge in [0.15, 0.2) is 5.78 Å². The monoisotopic (exact) mass is 265 g/mol. The molecule has 0 amide bonds. The van der Waals surface area contributed by atoms with Crippen molar-refractivity contribution in [1.82, 2.24) is 4.90 Å². The summed E-state index contributed by atoms with van der Waals surface area (Å²) in [6, 6.07) is 5.82. The van der Waals surface area contributed by atoms with Gasteiger partial charge in [0, 0.05) is 25.1 Å². The van der Waals surface area contributed by atoms with Crippen molar-refractivity contribution in [2.24, 2.45) is 5.92 Å². The summed E-state index contributed by atoms with van der Waals surface area (Å²) in [4.78, 5) is 14.0. The molecule has 0 bridgehead atoms. The Morgan fingerprint density at radius 1 is 1.47 bits per heavy atom. The Kier molecular flexibility index (Phi) is 4.66. The van der Waals surface area contributed by atoms with Crippen molar-refractivity contribution in [3.63, 3.8) is 0 Å². The molecular weight excluding hydrogens is 245 g/mol. The molecule has 1 fully saturated rings. The third-order valence-corrected chi connectivity index (χ3v) is 3.65. The summed E-state index contributed by atoms with van der Waals surface area (Å²) in [5.41, 5.74) is 0.437. The van der Waals surface area contributed by atoms with E-state index in [1.54, 1.807) is 12.1 Å². The Bertz CT molecular complexity index is 444. The zero-order chi connectivity index (χ0) is 13.8. The molecule has 4 heteroatoms. The summed E-state index contributed by atoms with van der Waals surface area (Å²) >= 11 is 0. The van der Waals surface area contributed by atoms with Crippen molar-refractivity contribution < 1.29 is 14.3 Å². The lowest BCUT2D eigenvalue weighted by Crippen LogP contribution is -2.37. The van der Waals surface area contributed by atoms with E-state index in [4.69, 9.17) is 0 Å². The van der Waals surface area contributed by atoms with E-state index in [0.717, 1.165) is 19.4 Å². The number of benzene rings is 1. The number of nitrogens with zero attached hydrogens (tertiary/aromatic N) is 1. The fourth-order valence-electron chi connectivity index (χ4n) is 2.48. The van der Waals surface area contributed by atoms with E-state index >= 15 is 0 Å². The summed E-state index contributed by atoms with van der Waals surface area (Å²) in [5.74, 6) is 0.145. The number of aliphatic hydroxyl groups is 1. The maximum Gasteiger partial charge on any atom is 0.164 e. The lowest BCUT2D eigenvalue weighted by Gasteiger charge is -2.34. The number of carbonyl (C=O) groups excluding carboxylic acids is 1. The molecular formula is C15H20FNO2. The number of ketones is 1. The number of hydrogen-bond donors (Lipinski definition) is 1. The van der Waals surface area contributed by atoms with Crippen molar-refractivity contribution in [2.75, 3.05) is 20.1 Å². The van der Waals surface area contributed by atoms with Crippen LogP contribution >= 0.6 is 0 Å². The van der Waals surface area contributed by atoms with E-state index < -0.39 is 0 Å². The molecule has 0 heterocycles. The zero-order valence-corrected chi connectivity index (χ0v) is 11.2. The van der Waals surface area contributed by atoms with Crippen molar-refractivity contribution in [2.45, 2.75) is 25.4 Å². The van der Waals surface area contributed by atoms with Gasteiger partial charge in [0.1, 0.15) is 5.82 Å². The molecule has 19 heavy (non-hydrogen) atoms. The summed E-state index contributed by atoms with van der Waals surface area (Å²) in [6.07, 6.45) is 1.99. The molecule has 1 aromatic rings. The number of rotatable bonds is 6. The van der Waals surface area contributed by atoms with Gasteiger partial charge in [0.05, 0.1) is 6.10 Å². The van der Waals surface area contributed by atoms with Gasteiger partial charge in [0.2, 0.25) is 0 Å². The number of halogens is 1. The van der Waals surface area contributed by atoms with Crippen LogP contribution in [0.15, 0.2) is 24.3 Å². The standard InChI is InChI=1S/C15H20FNO2/c1-17(10-11-7-14(18)8-11)6-5-15(19)12-3-2-4-13(16)9-12/h2-4,9,11,14,18H,5-8,10H2,1H3. The van der Waals surface area contributed by atoms with Crippen molar-refractivity contribution >= 4 is 5.78 Å². The highest BCUT2D eigenvalue weighted by Crippen LogP contribution is 2.27. The molecule has 1 N–H and O–H groups in total. The molecule has 1 aliphatic carbocycles. The van der Waals surface area contributed by atoms with Crippen LogP contribution in [0, 0.1) is 11.7 Å². The quantitative estimate of drug-likeness (QED) is 0.801. The van der Waals surface area contributed by atoms with Gasteiger partial charge in [0.25, 0.3) is 0 Å². The lowest BCUT2D eigenvalue weighted by atomic mass is 9.82. The van der Waals surface area contributed by atoms with E-state index in [1.807, 2.05) is 7.05 Å². The van der Waals surface area contributed by atoms with Gasteiger partial charge >= 0.3 is 0 Å². The summed E-state index contributed by atoms with van der Waals surface area (Å²) in [5, 5.41) is 9.22. The number of carbonyl (C=O) groups is 1. The van der Waals surface area contributed by atoms with Crippen LogP contribution in [0.3, 0.4) is 0 Å². The van der Waals surface area contributed by atoms with E-state index in [9.17, 15) is 14.3 Å². The van der Waals surface area contributed by atoms with Crippen molar-refractivity contribution in [1.29, 1.82) is 0 Å². The molecule has 0 unspecified atom stereocenters. The zero-order valence-electron chi connectivity index (χ0n) is 11.2. The number of hydrogen-bond acceptors (Lipinski definition) is 3. The SMILES string of the molecule is CN(CCC(=O)c1cccc(F)c1)CC1CC(O)C1. The minimum atomic E-state index is -0.373. The molecule has 0 radical (unpaired) electrons. The van der Waals surface area contributed by atoms with Crippen LogP contribution in [0.25, 0.3) is 0 Å². The lowest BCUT2D eigenvalue weighted by molar-refractivity contribution is 0.0281. The molecule has 0 saturated heterocycles. The molecule has 0 atom stereocenters. The van der Waals surface area contributed by atoms with Crippen LogP contribution < -0.4 is 0 Å². The van der Waals surface area contributed by atoms with Crippen molar-refractivity contribution in [3.05, 3.63) is 35.6 Å². The maximum atomic E-state index is 13.0. The second-order valence-electron chi connectivity index (χ2n) is 5.44. The molecule has 2 rings (SSSR count). The van der Waals surface area contributed by atoms with Crippen LogP contribution in [-0.2, 0) is 0 Å². The topological polar surface area (TPSA) is 40.5 Å². The highest BCUT2D eigenvalue weighted by Gasteiger charge is 2.27. The third-order valence-electron chi connectivity index (χ3n) is 3.65.